The van der Waals surface area contributed by atoms with Gasteiger partial charge < -0.3 is 5.32 Å². The van der Waals surface area contributed by atoms with Crippen molar-refractivity contribution in [3.05, 3.63) is 59.9 Å². The van der Waals surface area contributed by atoms with Crippen LogP contribution in [0.4, 0.5) is 5.69 Å². The molecule has 2 heterocycles. The summed E-state index contributed by atoms with van der Waals surface area (Å²) in [6.45, 7) is 6.76. The zero-order chi connectivity index (χ0) is 15.2. The molecule has 116 valence electrons. The fourth-order valence-electron chi connectivity index (χ4n) is 2.91. The maximum Gasteiger partial charge on any atom is 0.0401 e. The quantitative estimate of drug-likeness (QED) is 0.906. The molecule has 1 aliphatic heterocycles. The van der Waals surface area contributed by atoms with Crippen LogP contribution in [0.15, 0.2) is 48.8 Å². The first-order valence-electron chi connectivity index (χ1n) is 8.23. The van der Waals surface area contributed by atoms with Crippen LogP contribution in [0.25, 0.3) is 0 Å². The van der Waals surface area contributed by atoms with Gasteiger partial charge in [-0.05, 0) is 67.2 Å². The van der Waals surface area contributed by atoms with Crippen molar-refractivity contribution >= 4 is 5.69 Å². The average molecular weight is 295 g/mol. The predicted octanol–water partition coefficient (Wildman–Crippen LogP) is 3.93. The van der Waals surface area contributed by atoms with Gasteiger partial charge in [0, 0.05) is 31.2 Å². The number of nitrogens with one attached hydrogen (secondary N) is 1. The van der Waals surface area contributed by atoms with E-state index >= 15 is 0 Å². The molecule has 0 saturated carbocycles. The Kier molecular flexibility index (Phi) is 5.07. The summed E-state index contributed by atoms with van der Waals surface area (Å²) in [5.41, 5.74) is 3.83. The van der Waals surface area contributed by atoms with E-state index in [9.17, 15) is 0 Å². The predicted molar refractivity (Wildman–Crippen MR) is 91.7 cm³/mol. The van der Waals surface area contributed by atoms with E-state index in [2.05, 4.69) is 46.4 Å². The molecular weight excluding hydrogens is 270 g/mol. The monoisotopic (exact) mass is 295 g/mol. The van der Waals surface area contributed by atoms with Gasteiger partial charge in [-0.2, -0.15) is 0 Å². The molecule has 3 rings (SSSR count). The lowest BCUT2D eigenvalue weighted by Gasteiger charge is -2.30. The molecule has 0 radical (unpaired) electrons. The third-order valence-corrected chi connectivity index (χ3v) is 4.48. The van der Waals surface area contributed by atoms with Crippen LogP contribution in [-0.2, 0) is 13.1 Å². The van der Waals surface area contributed by atoms with Gasteiger partial charge in [-0.25, -0.2) is 0 Å². The van der Waals surface area contributed by atoms with Crippen molar-refractivity contribution in [2.45, 2.75) is 32.9 Å². The van der Waals surface area contributed by atoms with E-state index in [4.69, 9.17) is 0 Å². The summed E-state index contributed by atoms with van der Waals surface area (Å²) in [6.07, 6.45) is 6.34. The lowest BCUT2D eigenvalue weighted by molar-refractivity contribution is 0.185. The van der Waals surface area contributed by atoms with Crippen LogP contribution in [-0.4, -0.2) is 23.0 Å². The van der Waals surface area contributed by atoms with Crippen LogP contribution in [0, 0.1) is 5.92 Å². The lowest BCUT2D eigenvalue weighted by Crippen LogP contribution is -2.32. The van der Waals surface area contributed by atoms with Crippen LogP contribution in [0.2, 0.25) is 0 Å². The highest BCUT2D eigenvalue weighted by atomic mass is 15.1. The van der Waals surface area contributed by atoms with Gasteiger partial charge in [-0.3, -0.25) is 9.88 Å². The first kappa shape index (κ1) is 15.0. The summed E-state index contributed by atoms with van der Waals surface area (Å²) >= 11 is 0. The molecule has 1 fully saturated rings. The highest BCUT2D eigenvalue weighted by Crippen LogP contribution is 2.19. The number of hydrogen-bond donors (Lipinski definition) is 1. The fourth-order valence-corrected chi connectivity index (χ4v) is 2.91. The van der Waals surface area contributed by atoms with Crippen LogP contribution in [0.1, 0.15) is 30.9 Å². The van der Waals surface area contributed by atoms with Crippen molar-refractivity contribution in [2.24, 2.45) is 5.92 Å². The number of piperidine rings is 1. The van der Waals surface area contributed by atoms with Crippen molar-refractivity contribution in [2.75, 3.05) is 18.4 Å². The number of aromatic nitrogens is 1. The van der Waals surface area contributed by atoms with Gasteiger partial charge in [0.05, 0.1) is 0 Å². The molecule has 1 aromatic carbocycles. The fraction of sp³-hybridized carbons (Fsp3) is 0.421. The lowest BCUT2D eigenvalue weighted by atomic mass is 9.99. The van der Waals surface area contributed by atoms with E-state index in [1.54, 1.807) is 0 Å². The van der Waals surface area contributed by atoms with Crippen molar-refractivity contribution in [1.82, 2.24) is 9.88 Å². The maximum atomic E-state index is 4.04. The molecule has 3 heteroatoms. The Morgan fingerprint density at radius 3 is 2.36 bits per heavy atom. The van der Waals surface area contributed by atoms with Gasteiger partial charge >= 0.3 is 0 Å². The van der Waals surface area contributed by atoms with Crippen molar-refractivity contribution in [1.29, 1.82) is 0 Å². The average Bonchev–Trinajstić information content (AvgIpc) is 2.57. The molecule has 22 heavy (non-hydrogen) atoms. The number of hydrogen-bond acceptors (Lipinski definition) is 3. The Morgan fingerprint density at radius 1 is 1.00 bits per heavy atom. The Bertz CT molecular complexity index is 557. The molecular formula is C19H25N3. The van der Waals surface area contributed by atoms with Crippen LogP contribution in [0.3, 0.4) is 0 Å². The van der Waals surface area contributed by atoms with Gasteiger partial charge in [-0.1, -0.05) is 19.1 Å². The molecule has 0 amide bonds. The Morgan fingerprint density at radius 2 is 1.68 bits per heavy atom. The SMILES string of the molecule is CC1CCN(Cc2ccc(NCc3ccncc3)cc2)CC1. The zero-order valence-corrected chi connectivity index (χ0v) is 13.3. The van der Waals surface area contributed by atoms with Gasteiger partial charge in [0.1, 0.15) is 0 Å². The number of pyridine rings is 1. The number of nitrogens with zero attached hydrogens (tertiary/aromatic N) is 2. The number of anilines is 1. The van der Waals surface area contributed by atoms with Gasteiger partial charge in [-0.15, -0.1) is 0 Å². The van der Waals surface area contributed by atoms with E-state index in [1.807, 2.05) is 24.5 Å². The normalized spacial score (nSPS) is 16.6. The molecule has 3 nitrogen and oxygen atoms in total. The van der Waals surface area contributed by atoms with Gasteiger partial charge in [0.25, 0.3) is 0 Å². The third-order valence-electron chi connectivity index (χ3n) is 4.48. The first-order chi connectivity index (χ1) is 10.8. The number of likely N-dealkylation sites (tertiary alicyclic amines) is 1. The summed E-state index contributed by atoms with van der Waals surface area (Å²) in [6, 6.07) is 12.9. The first-order valence-corrected chi connectivity index (χ1v) is 8.23. The molecule has 0 atom stereocenters. The van der Waals surface area contributed by atoms with Crippen molar-refractivity contribution in [3.63, 3.8) is 0 Å². The van der Waals surface area contributed by atoms with E-state index in [0.717, 1.165) is 19.0 Å². The molecule has 0 aliphatic carbocycles. The largest absolute Gasteiger partial charge is 0.381 e. The van der Waals surface area contributed by atoms with Crippen LogP contribution >= 0.6 is 0 Å². The minimum atomic E-state index is 0.839. The molecule has 0 unspecified atom stereocenters. The second-order valence-corrected chi connectivity index (χ2v) is 6.36. The topological polar surface area (TPSA) is 28.2 Å². The van der Waals surface area contributed by atoms with Gasteiger partial charge in [0.2, 0.25) is 0 Å². The summed E-state index contributed by atoms with van der Waals surface area (Å²) in [4.78, 5) is 6.61. The number of benzene rings is 1. The van der Waals surface area contributed by atoms with Crippen LogP contribution in [0.5, 0.6) is 0 Å². The van der Waals surface area contributed by atoms with Crippen molar-refractivity contribution in [3.8, 4) is 0 Å². The zero-order valence-electron chi connectivity index (χ0n) is 13.3. The smallest absolute Gasteiger partial charge is 0.0401 e. The van der Waals surface area contributed by atoms with E-state index in [1.165, 1.54) is 42.7 Å². The molecule has 1 aromatic heterocycles. The maximum absolute atomic E-state index is 4.04. The summed E-state index contributed by atoms with van der Waals surface area (Å²) in [7, 11) is 0. The molecule has 0 bridgehead atoms. The Balaban J connectivity index is 1.50. The molecule has 1 aliphatic rings. The molecule has 1 N–H and O–H groups in total. The summed E-state index contributed by atoms with van der Waals surface area (Å²) in [5, 5.41) is 3.46. The highest BCUT2D eigenvalue weighted by molar-refractivity contribution is 5.45. The number of rotatable bonds is 5. The standard InChI is InChI=1S/C19H25N3/c1-16-8-12-22(13-9-16)15-18-2-4-19(5-3-18)21-14-17-6-10-20-11-7-17/h2-7,10-11,16,21H,8-9,12-15H2,1H3. The Hall–Kier alpha value is -1.87. The minimum absolute atomic E-state index is 0.839. The molecule has 0 spiro atoms. The summed E-state index contributed by atoms with van der Waals surface area (Å²) in [5.74, 6) is 0.899. The molecule has 1 saturated heterocycles. The summed E-state index contributed by atoms with van der Waals surface area (Å²) < 4.78 is 0. The second-order valence-electron chi connectivity index (χ2n) is 6.36. The van der Waals surface area contributed by atoms with Gasteiger partial charge in [0.15, 0.2) is 0 Å². The van der Waals surface area contributed by atoms with Crippen molar-refractivity contribution < 1.29 is 0 Å². The van der Waals surface area contributed by atoms with Crippen LogP contribution < -0.4 is 5.32 Å². The van der Waals surface area contributed by atoms with E-state index < -0.39 is 0 Å². The third kappa shape index (κ3) is 4.31. The Labute approximate surface area is 133 Å². The molecule has 2 aromatic rings. The second kappa shape index (κ2) is 7.41. The highest BCUT2D eigenvalue weighted by Gasteiger charge is 2.15. The van der Waals surface area contributed by atoms with E-state index in [0.29, 0.717) is 0 Å². The van der Waals surface area contributed by atoms with E-state index in [-0.39, 0.29) is 0 Å². The minimum Gasteiger partial charge on any atom is -0.381 e.